The molecule has 1 heterocycles. The van der Waals surface area contributed by atoms with E-state index in [0.29, 0.717) is 17.0 Å². The number of carbonyl (C=O) groups is 1. The largest absolute Gasteiger partial charge is 0.320 e. The van der Waals surface area contributed by atoms with Crippen LogP contribution in [-0.2, 0) is 13.0 Å². The smallest absolute Gasteiger partial charge is 0.182 e. The van der Waals surface area contributed by atoms with E-state index in [1.165, 1.54) is 11.1 Å². The average molecular weight is 437 g/mol. The van der Waals surface area contributed by atoms with Crippen molar-refractivity contribution in [3.05, 3.63) is 125 Å². The molecule has 3 nitrogen and oxygen atoms in total. The van der Waals surface area contributed by atoms with Gasteiger partial charge in [-0.05, 0) is 53.1 Å². The molecular formula is C28H21ClN2O. The van der Waals surface area contributed by atoms with Crippen LogP contribution in [0.1, 0.15) is 21.7 Å². The maximum Gasteiger partial charge on any atom is 0.182 e. The summed E-state index contributed by atoms with van der Waals surface area (Å²) in [5.41, 5.74) is 6.03. The number of aromatic nitrogens is 2. The zero-order valence-electron chi connectivity index (χ0n) is 17.4. The minimum atomic E-state index is 0.0329. The lowest BCUT2D eigenvalue weighted by Crippen LogP contribution is -2.13. The van der Waals surface area contributed by atoms with E-state index >= 15 is 0 Å². The van der Waals surface area contributed by atoms with Crippen molar-refractivity contribution in [1.82, 2.24) is 9.55 Å². The van der Waals surface area contributed by atoms with E-state index in [-0.39, 0.29) is 12.3 Å². The summed E-state index contributed by atoms with van der Waals surface area (Å²) < 4.78 is 2.03. The number of hydrogen-bond acceptors (Lipinski definition) is 2. The highest BCUT2D eigenvalue weighted by atomic mass is 35.5. The van der Waals surface area contributed by atoms with Crippen LogP contribution in [0.3, 0.4) is 0 Å². The summed E-state index contributed by atoms with van der Waals surface area (Å²) in [5, 5.41) is 0.620. The van der Waals surface area contributed by atoms with E-state index in [9.17, 15) is 4.79 Å². The minimum Gasteiger partial charge on any atom is -0.320 e. The molecule has 0 saturated heterocycles. The molecule has 0 aliphatic rings. The van der Waals surface area contributed by atoms with E-state index in [2.05, 4.69) is 36.4 Å². The number of ketones is 1. The Labute approximate surface area is 191 Å². The third kappa shape index (κ3) is 4.20. The van der Waals surface area contributed by atoms with E-state index < -0.39 is 0 Å². The molecule has 32 heavy (non-hydrogen) atoms. The van der Waals surface area contributed by atoms with Gasteiger partial charge in [0.1, 0.15) is 5.82 Å². The van der Waals surface area contributed by atoms with Crippen LogP contribution in [0.4, 0.5) is 0 Å². The van der Waals surface area contributed by atoms with Gasteiger partial charge in [-0.25, -0.2) is 4.98 Å². The Morgan fingerprint density at radius 1 is 0.750 bits per heavy atom. The summed E-state index contributed by atoms with van der Waals surface area (Å²) in [5.74, 6) is 0.909. The van der Waals surface area contributed by atoms with Crippen LogP contribution < -0.4 is 0 Å². The minimum absolute atomic E-state index is 0.0329. The van der Waals surface area contributed by atoms with Crippen LogP contribution in [0, 0.1) is 0 Å². The molecule has 0 bridgehead atoms. The topological polar surface area (TPSA) is 34.9 Å². The number of fused-ring (bicyclic) bond motifs is 1. The first kappa shape index (κ1) is 20.2. The van der Waals surface area contributed by atoms with Gasteiger partial charge in [-0.3, -0.25) is 4.79 Å². The summed E-state index contributed by atoms with van der Waals surface area (Å²) in [4.78, 5) is 17.8. The molecule has 0 N–H and O–H groups in total. The molecule has 0 spiro atoms. The number of nitrogens with zero attached hydrogens (tertiary/aromatic N) is 2. The fourth-order valence-corrected chi connectivity index (χ4v) is 4.06. The molecule has 0 radical (unpaired) electrons. The molecule has 4 aromatic carbocycles. The first-order chi connectivity index (χ1) is 15.7. The van der Waals surface area contributed by atoms with Crippen LogP contribution >= 0.6 is 11.6 Å². The molecule has 0 aliphatic heterocycles. The first-order valence-corrected chi connectivity index (χ1v) is 10.9. The summed E-state index contributed by atoms with van der Waals surface area (Å²) >= 11 is 5.98. The summed E-state index contributed by atoms with van der Waals surface area (Å²) in [7, 11) is 0. The quantitative estimate of drug-likeness (QED) is 0.273. The van der Waals surface area contributed by atoms with Crippen LogP contribution in [-0.4, -0.2) is 15.3 Å². The van der Waals surface area contributed by atoms with Gasteiger partial charge in [0.25, 0.3) is 0 Å². The van der Waals surface area contributed by atoms with Gasteiger partial charge in [0, 0.05) is 17.0 Å². The molecule has 5 rings (SSSR count). The van der Waals surface area contributed by atoms with Crippen molar-refractivity contribution in [3.8, 4) is 11.1 Å². The molecule has 0 fully saturated rings. The van der Waals surface area contributed by atoms with Gasteiger partial charge in [0.2, 0.25) is 0 Å². The van der Waals surface area contributed by atoms with E-state index in [1.807, 2.05) is 47.0 Å². The van der Waals surface area contributed by atoms with Crippen LogP contribution in [0.5, 0.6) is 0 Å². The van der Waals surface area contributed by atoms with Gasteiger partial charge >= 0.3 is 0 Å². The normalized spacial score (nSPS) is 11.0. The highest BCUT2D eigenvalue weighted by molar-refractivity contribution is 6.30. The Kier molecular flexibility index (Phi) is 5.57. The maximum atomic E-state index is 13.0. The van der Waals surface area contributed by atoms with Crippen molar-refractivity contribution < 1.29 is 4.79 Å². The molecule has 4 heteroatoms. The van der Waals surface area contributed by atoms with Gasteiger partial charge in [0.05, 0.1) is 17.6 Å². The number of halogens is 1. The lowest BCUT2D eigenvalue weighted by Gasteiger charge is -2.10. The Hall–Kier alpha value is -3.69. The Morgan fingerprint density at radius 2 is 1.41 bits per heavy atom. The number of imidazole rings is 1. The predicted octanol–water partition coefficient (Wildman–Crippen LogP) is 6.83. The standard InChI is InChI=1S/C28H21ClN2O/c29-24-16-14-23(15-17-24)27(32)19-31-26-9-5-4-8-25(26)30-28(31)18-20-10-12-22(13-11-20)21-6-2-1-3-7-21/h1-17H,18-19H2. The molecule has 0 atom stereocenters. The Morgan fingerprint density at radius 3 is 2.16 bits per heavy atom. The van der Waals surface area contributed by atoms with Crippen molar-refractivity contribution in [2.45, 2.75) is 13.0 Å². The summed E-state index contributed by atoms with van der Waals surface area (Å²) in [6.45, 7) is 0.236. The molecule has 0 saturated carbocycles. The van der Waals surface area contributed by atoms with Gasteiger partial charge in [-0.2, -0.15) is 0 Å². The maximum absolute atomic E-state index is 13.0. The lowest BCUT2D eigenvalue weighted by atomic mass is 10.0. The first-order valence-electron chi connectivity index (χ1n) is 10.5. The van der Waals surface area contributed by atoms with Crippen LogP contribution in [0.2, 0.25) is 5.02 Å². The Balaban J connectivity index is 1.45. The van der Waals surface area contributed by atoms with Crippen molar-refractivity contribution >= 4 is 28.4 Å². The van der Waals surface area contributed by atoms with E-state index in [0.717, 1.165) is 22.4 Å². The van der Waals surface area contributed by atoms with E-state index in [4.69, 9.17) is 16.6 Å². The zero-order chi connectivity index (χ0) is 21.9. The van der Waals surface area contributed by atoms with Crippen molar-refractivity contribution in [2.24, 2.45) is 0 Å². The lowest BCUT2D eigenvalue weighted by molar-refractivity contribution is 0.0972. The molecule has 1 aromatic heterocycles. The summed E-state index contributed by atoms with van der Waals surface area (Å²) in [6.07, 6.45) is 0.650. The molecular weight excluding hydrogens is 416 g/mol. The van der Waals surface area contributed by atoms with Crippen molar-refractivity contribution in [2.75, 3.05) is 0 Å². The SMILES string of the molecule is O=C(Cn1c(Cc2ccc(-c3ccccc3)cc2)nc2ccccc21)c1ccc(Cl)cc1. The Bertz CT molecular complexity index is 1370. The fourth-order valence-electron chi connectivity index (χ4n) is 3.94. The number of Topliss-reactive ketones (excluding diaryl/α,β-unsaturated/α-hetero) is 1. The molecule has 5 aromatic rings. The number of benzene rings is 4. The monoisotopic (exact) mass is 436 g/mol. The third-order valence-electron chi connectivity index (χ3n) is 5.62. The molecule has 0 unspecified atom stereocenters. The van der Waals surface area contributed by atoms with Gasteiger partial charge in [-0.15, -0.1) is 0 Å². The van der Waals surface area contributed by atoms with Crippen LogP contribution in [0.15, 0.2) is 103 Å². The van der Waals surface area contributed by atoms with Crippen molar-refractivity contribution in [1.29, 1.82) is 0 Å². The van der Waals surface area contributed by atoms with Gasteiger partial charge in [0.15, 0.2) is 5.78 Å². The predicted molar refractivity (Wildman–Crippen MR) is 130 cm³/mol. The van der Waals surface area contributed by atoms with Crippen molar-refractivity contribution in [3.63, 3.8) is 0 Å². The number of rotatable bonds is 6. The number of para-hydroxylation sites is 2. The highest BCUT2D eigenvalue weighted by Gasteiger charge is 2.15. The second kappa shape index (κ2) is 8.81. The van der Waals surface area contributed by atoms with Gasteiger partial charge < -0.3 is 4.57 Å². The third-order valence-corrected chi connectivity index (χ3v) is 5.88. The van der Waals surface area contributed by atoms with E-state index in [1.54, 1.807) is 24.3 Å². The summed E-state index contributed by atoms with van der Waals surface area (Å²) in [6, 6.07) is 33.8. The number of carbonyl (C=O) groups excluding carboxylic acids is 1. The number of hydrogen-bond donors (Lipinski definition) is 0. The second-order valence-electron chi connectivity index (χ2n) is 7.77. The second-order valence-corrected chi connectivity index (χ2v) is 8.21. The zero-order valence-corrected chi connectivity index (χ0v) is 18.2. The molecule has 0 aliphatic carbocycles. The molecule has 156 valence electrons. The fraction of sp³-hybridized carbons (Fsp3) is 0.0714. The van der Waals surface area contributed by atoms with Crippen LogP contribution in [0.25, 0.3) is 22.2 Å². The average Bonchev–Trinajstić information content (AvgIpc) is 3.17. The molecule has 0 amide bonds. The van der Waals surface area contributed by atoms with Gasteiger partial charge in [-0.1, -0.05) is 78.3 Å². The highest BCUT2D eigenvalue weighted by Crippen LogP contribution is 2.23.